The summed E-state index contributed by atoms with van der Waals surface area (Å²) in [5, 5.41) is 0. The smallest absolute Gasteiger partial charge is 0.257 e. The van der Waals surface area contributed by atoms with Crippen LogP contribution < -0.4 is 4.74 Å². The number of rotatable bonds is 2. The number of likely N-dealkylation sites (tertiary alicyclic amines) is 1. The fourth-order valence-electron chi connectivity index (χ4n) is 3.69. The van der Waals surface area contributed by atoms with Gasteiger partial charge in [0.2, 0.25) is 0 Å². The first-order valence-electron chi connectivity index (χ1n) is 8.24. The minimum Gasteiger partial charge on any atom is -0.493 e. The molecule has 4 nitrogen and oxygen atoms in total. The van der Waals surface area contributed by atoms with Gasteiger partial charge in [0.15, 0.2) is 0 Å². The number of hydrogen-bond acceptors (Lipinski definition) is 3. The first-order chi connectivity index (χ1) is 11.1. The number of hydrogen-bond donors (Lipinski definition) is 0. The minimum atomic E-state index is 0.0892. The Bertz CT molecular complexity index is 762. The van der Waals surface area contributed by atoms with Crippen LogP contribution in [0.4, 0.5) is 0 Å². The molecule has 1 aromatic carbocycles. The van der Waals surface area contributed by atoms with Crippen molar-refractivity contribution in [2.75, 3.05) is 19.7 Å². The molecule has 0 unspecified atom stereocenters. The molecule has 2 aliphatic rings. The second kappa shape index (κ2) is 5.44. The predicted molar refractivity (Wildman–Crippen MR) is 87.1 cm³/mol. The molecule has 4 rings (SSSR count). The molecule has 2 aromatic rings. The third-order valence-corrected chi connectivity index (χ3v) is 4.93. The third-order valence-electron chi connectivity index (χ3n) is 4.93. The van der Waals surface area contributed by atoms with Crippen molar-refractivity contribution in [3.05, 3.63) is 52.5 Å². The summed E-state index contributed by atoms with van der Waals surface area (Å²) in [6.07, 6.45) is 2.01. The standard InChI is InChI=1S/C19H21NO3/c1-12-9-17(13(2)23-12)19(21)20-7-5-16(11-20)14-3-4-18-15(10-14)6-8-22-18/h3-4,9-10,16H,5-8,11H2,1-2H3/t16-/m0/s1. The van der Waals surface area contributed by atoms with Crippen molar-refractivity contribution in [1.29, 1.82) is 0 Å². The number of nitrogens with zero attached hydrogens (tertiary/aromatic N) is 1. The highest BCUT2D eigenvalue weighted by Gasteiger charge is 2.30. The zero-order valence-corrected chi connectivity index (χ0v) is 13.6. The molecule has 0 radical (unpaired) electrons. The second-order valence-corrected chi connectivity index (χ2v) is 6.53. The van der Waals surface area contributed by atoms with Crippen LogP contribution in [0.15, 0.2) is 28.7 Å². The summed E-state index contributed by atoms with van der Waals surface area (Å²) in [6, 6.07) is 8.33. The van der Waals surface area contributed by atoms with E-state index in [1.807, 2.05) is 24.8 Å². The number of amides is 1. The van der Waals surface area contributed by atoms with Crippen molar-refractivity contribution >= 4 is 5.91 Å². The van der Waals surface area contributed by atoms with Crippen LogP contribution in [0.3, 0.4) is 0 Å². The van der Waals surface area contributed by atoms with E-state index in [2.05, 4.69) is 18.2 Å². The highest BCUT2D eigenvalue weighted by Crippen LogP contribution is 2.33. The molecular formula is C19H21NO3. The van der Waals surface area contributed by atoms with E-state index in [0.717, 1.165) is 44.0 Å². The number of fused-ring (bicyclic) bond motifs is 1. The minimum absolute atomic E-state index is 0.0892. The lowest BCUT2D eigenvalue weighted by Gasteiger charge is -2.16. The predicted octanol–water partition coefficient (Wildman–Crippen LogP) is 3.46. The van der Waals surface area contributed by atoms with Gasteiger partial charge in [0, 0.05) is 25.4 Å². The van der Waals surface area contributed by atoms with Crippen molar-refractivity contribution in [2.45, 2.75) is 32.6 Å². The third kappa shape index (κ3) is 2.52. The Kier molecular flexibility index (Phi) is 3.40. The van der Waals surface area contributed by atoms with Gasteiger partial charge >= 0.3 is 0 Å². The van der Waals surface area contributed by atoms with Crippen LogP contribution >= 0.6 is 0 Å². The summed E-state index contributed by atoms with van der Waals surface area (Å²) >= 11 is 0. The van der Waals surface area contributed by atoms with E-state index in [1.54, 1.807) is 0 Å². The lowest BCUT2D eigenvalue weighted by Crippen LogP contribution is -2.28. The van der Waals surface area contributed by atoms with Crippen LogP contribution in [0.2, 0.25) is 0 Å². The zero-order chi connectivity index (χ0) is 16.0. The molecule has 1 aromatic heterocycles. The van der Waals surface area contributed by atoms with Crippen LogP contribution in [0, 0.1) is 13.8 Å². The summed E-state index contributed by atoms with van der Waals surface area (Å²) in [6.45, 7) is 6.10. The summed E-state index contributed by atoms with van der Waals surface area (Å²) in [4.78, 5) is 14.6. The number of aryl methyl sites for hydroxylation is 2. The van der Waals surface area contributed by atoms with Crippen molar-refractivity contribution in [1.82, 2.24) is 4.90 Å². The average Bonchev–Trinajstić information content (AvgIpc) is 3.24. The van der Waals surface area contributed by atoms with Gasteiger partial charge in [-0.15, -0.1) is 0 Å². The maximum atomic E-state index is 12.7. The Labute approximate surface area is 136 Å². The van der Waals surface area contributed by atoms with Gasteiger partial charge in [-0.25, -0.2) is 0 Å². The summed E-state index contributed by atoms with van der Waals surface area (Å²) in [5.41, 5.74) is 3.32. The summed E-state index contributed by atoms with van der Waals surface area (Å²) < 4.78 is 11.1. The van der Waals surface area contributed by atoms with Gasteiger partial charge in [0.05, 0.1) is 12.2 Å². The van der Waals surface area contributed by atoms with Crippen LogP contribution in [0.1, 0.15) is 45.3 Å². The lowest BCUT2D eigenvalue weighted by molar-refractivity contribution is 0.0789. The maximum Gasteiger partial charge on any atom is 0.257 e. The van der Waals surface area contributed by atoms with E-state index in [4.69, 9.17) is 9.15 Å². The van der Waals surface area contributed by atoms with E-state index in [0.29, 0.717) is 17.2 Å². The molecular weight excluding hydrogens is 290 g/mol. The molecule has 0 N–H and O–H groups in total. The molecule has 120 valence electrons. The summed E-state index contributed by atoms with van der Waals surface area (Å²) in [7, 11) is 0. The Hall–Kier alpha value is -2.23. The highest BCUT2D eigenvalue weighted by atomic mass is 16.5. The fourth-order valence-corrected chi connectivity index (χ4v) is 3.69. The average molecular weight is 311 g/mol. The molecule has 0 aliphatic carbocycles. The Morgan fingerprint density at radius 1 is 1.26 bits per heavy atom. The molecule has 3 heterocycles. The molecule has 4 heteroatoms. The Morgan fingerprint density at radius 2 is 2.13 bits per heavy atom. The van der Waals surface area contributed by atoms with E-state index in [-0.39, 0.29) is 5.91 Å². The van der Waals surface area contributed by atoms with E-state index >= 15 is 0 Å². The zero-order valence-electron chi connectivity index (χ0n) is 13.6. The molecule has 1 atom stereocenters. The molecule has 0 bridgehead atoms. The fraction of sp³-hybridized carbons (Fsp3) is 0.421. The Morgan fingerprint density at radius 3 is 2.91 bits per heavy atom. The van der Waals surface area contributed by atoms with Gasteiger partial charge in [-0.05, 0) is 43.5 Å². The molecule has 2 aliphatic heterocycles. The van der Waals surface area contributed by atoms with Crippen molar-refractivity contribution in [2.24, 2.45) is 0 Å². The molecule has 0 saturated carbocycles. The topological polar surface area (TPSA) is 42.7 Å². The Balaban J connectivity index is 1.51. The van der Waals surface area contributed by atoms with Gasteiger partial charge in [0.1, 0.15) is 17.3 Å². The van der Waals surface area contributed by atoms with Crippen molar-refractivity contribution < 1.29 is 13.9 Å². The van der Waals surface area contributed by atoms with Crippen LogP contribution in [0.25, 0.3) is 0 Å². The van der Waals surface area contributed by atoms with Gasteiger partial charge in [-0.2, -0.15) is 0 Å². The quantitative estimate of drug-likeness (QED) is 0.853. The number of benzene rings is 1. The summed E-state index contributed by atoms with van der Waals surface area (Å²) in [5.74, 6) is 3.03. The first-order valence-corrected chi connectivity index (χ1v) is 8.24. The monoisotopic (exact) mass is 311 g/mol. The molecule has 23 heavy (non-hydrogen) atoms. The first kappa shape index (κ1) is 14.4. The lowest BCUT2D eigenvalue weighted by atomic mass is 9.96. The second-order valence-electron chi connectivity index (χ2n) is 6.53. The molecule has 1 saturated heterocycles. The van der Waals surface area contributed by atoms with E-state index < -0.39 is 0 Å². The van der Waals surface area contributed by atoms with Crippen LogP contribution in [-0.4, -0.2) is 30.5 Å². The number of furan rings is 1. The largest absolute Gasteiger partial charge is 0.493 e. The highest BCUT2D eigenvalue weighted by molar-refractivity contribution is 5.95. The SMILES string of the molecule is Cc1cc(C(=O)N2CC[C@H](c3ccc4c(c3)CCO4)C2)c(C)o1. The van der Waals surface area contributed by atoms with Crippen LogP contribution in [-0.2, 0) is 6.42 Å². The number of carbonyl (C=O) groups is 1. The van der Waals surface area contributed by atoms with Gasteiger partial charge in [-0.3, -0.25) is 4.79 Å². The van der Waals surface area contributed by atoms with E-state index in [9.17, 15) is 4.79 Å². The van der Waals surface area contributed by atoms with Crippen LogP contribution in [0.5, 0.6) is 5.75 Å². The molecule has 1 amide bonds. The number of carbonyl (C=O) groups excluding carboxylic acids is 1. The molecule has 1 fully saturated rings. The normalized spacial score (nSPS) is 19.7. The maximum absolute atomic E-state index is 12.7. The van der Waals surface area contributed by atoms with Gasteiger partial charge in [0.25, 0.3) is 5.91 Å². The van der Waals surface area contributed by atoms with Gasteiger partial charge < -0.3 is 14.1 Å². The van der Waals surface area contributed by atoms with E-state index in [1.165, 1.54) is 11.1 Å². The van der Waals surface area contributed by atoms with Crippen molar-refractivity contribution in [3.63, 3.8) is 0 Å². The van der Waals surface area contributed by atoms with Gasteiger partial charge in [-0.1, -0.05) is 12.1 Å². The van der Waals surface area contributed by atoms with Crippen molar-refractivity contribution in [3.8, 4) is 5.75 Å². The number of ether oxygens (including phenoxy) is 1. The molecule has 0 spiro atoms.